The van der Waals surface area contributed by atoms with Crippen LogP contribution in [0.2, 0.25) is 0 Å². The summed E-state index contributed by atoms with van der Waals surface area (Å²) in [5.41, 5.74) is 2.38. The molecule has 0 aliphatic heterocycles. The standard InChI is InChI=1S/C20H28N6O.HI/c1-2-22-20(24-9-8-23-19(27)18-6-7-18)25-13-16-4-3-5-17(12-16)14-26-11-10-21-15-26;/h3-5,10-12,15,18H,2,6-9,13-14H2,1H3,(H,23,27)(H2,22,24,25);1H. The molecule has 0 bridgehead atoms. The van der Waals surface area contributed by atoms with Gasteiger partial charge in [0.2, 0.25) is 5.91 Å². The lowest BCUT2D eigenvalue weighted by atomic mass is 10.1. The molecule has 1 saturated carbocycles. The number of guanidine groups is 1. The van der Waals surface area contributed by atoms with Gasteiger partial charge in [-0.1, -0.05) is 24.3 Å². The van der Waals surface area contributed by atoms with Crippen LogP contribution in [-0.2, 0) is 17.9 Å². The molecule has 0 radical (unpaired) electrons. The number of hydrogen-bond donors (Lipinski definition) is 3. The normalized spacial score (nSPS) is 13.5. The molecular formula is C20H29IN6O. The summed E-state index contributed by atoms with van der Waals surface area (Å²) in [7, 11) is 0. The van der Waals surface area contributed by atoms with E-state index in [1.165, 1.54) is 5.56 Å². The van der Waals surface area contributed by atoms with Gasteiger partial charge in [-0.25, -0.2) is 9.98 Å². The van der Waals surface area contributed by atoms with Crippen molar-refractivity contribution in [2.75, 3.05) is 19.6 Å². The Balaban J connectivity index is 0.00000280. The number of rotatable bonds is 9. The smallest absolute Gasteiger partial charge is 0.223 e. The minimum Gasteiger partial charge on any atom is -0.357 e. The average molecular weight is 496 g/mol. The summed E-state index contributed by atoms with van der Waals surface area (Å²) in [5, 5.41) is 9.46. The van der Waals surface area contributed by atoms with Crippen molar-refractivity contribution in [3.05, 3.63) is 54.1 Å². The second-order valence-electron chi connectivity index (χ2n) is 6.74. The molecule has 0 spiro atoms. The van der Waals surface area contributed by atoms with E-state index in [1.807, 2.05) is 24.0 Å². The first-order valence-corrected chi connectivity index (χ1v) is 9.58. The molecule has 0 atom stereocenters. The number of nitrogens with zero attached hydrogens (tertiary/aromatic N) is 3. The van der Waals surface area contributed by atoms with Gasteiger partial charge in [0.25, 0.3) is 0 Å². The number of carbonyl (C=O) groups is 1. The third-order valence-corrected chi connectivity index (χ3v) is 4.34. The van der Waals surface area contributed by atoms with Gasteiger partial charge in [-0.2, -0.15) is 0 Å². The number of benzene rings is 1. The predicted molar refractivity (Wildman–Crippen MR) is 122 cm³/mol. The van der Waals surface area contributed by atoms with Crippen molar-refractivity contribution in [3.63, 3.8) is 0 Å². The topological polar surface area (TPSA) is 83.3 Å². The van der Waals surface area contributed by atoms with Crippen molar-refractivity contribution in [2.45, 2.75) is 32.9 Å². The molecule has 1 aliphatic rings. The fourth-order valence-corrected chi connectivity index (χ4v) is 2.79. The Kier molecular flexibility index (Phi) is 9.26. The Bertz CT molecular complexity index is 758. The summed E-state index contributed by atoms with van der Waals surface area (Å²) < 4.78 is 2.05. The van der Waals surface area contributed by atoms with Crippen LogP contribution in [0.4, 0.5) is 0 Å². The number of aromatic nitrogens is 2. The Hall–Kier alpha value is -2.10. The van der Waals surface area contributed by atoms with Gasteiger partial charge in [0, 0.05) is 44.5 Å². The fraction of sp³-hybridized carbons (Fsp3) is 0.450. The Morgan fingerprint density at radius 3 is 2.71 bits per heavy atom. The van der Waals surface area contributed by atoms with Crippen molar-refractivity contribution >= 4 is 35.8 Å². The van der Waals surface area contributed by atoms with E-state index < -0.39 is 0 Å². The third kappa shape index (κ3) is 7.49. The molecule has 0 saturated heterocycles. The van der Waals surface area contributed by atoms with E-state index in [-0.39, 0.29) is 35.8 Å². The molecule has 152 valence electrons. The van der Waals surface area contributed by atoms with Crippen LogP contribution in [0, 0.1) is 5.92 Å². The van der Waals surface area contributed by atoms with Gasteiger partial charge in [-0.15, -0.1) is 24.0 Å². The van der Waals surface area contributed by atoms with Gasteiger partial charge in [0.05, 0.1) is 12.9 Å². The molecular weight excluding hydrogens is 467 g/mol. The summed E-state index contributed by atoms with van der Waals surface area (Å²) in [6.07, 6.45) is 7.63. The maximum Gasteiger partial charge on any atom is 0.223 e. The lowest BCUT2D eigenvalue weighted by Crippen LogP contribution is -2.41. The highest BCUT2D eigenvalue weighted by molar-refractivity contribution is 14.0. The van der Waals surface area contributed by atoms with Gasteiger partial charge >= 0.3 is 0 Å². The summed E-state index contributed by atoms with van der Waals surface area (Å²) in [6, 6.07) is 8.42. The zero-order valence-electron chi connectivity index (χ0n) is 16.2. The lowest BCUT2D eigenvalue weighted by Gasteiger charge is -2.12. The Morgan fingerprint density at radius 2 is 2.00 bits per heavy atom. The van der Waals surface area contributed by atoms with E-state index in [0.29, 0.717) is 19.6 Å². The number of aliphatic imine (C=N–C) groups is 1. The van der Waals surface area contributed by atoms with Crippen LogP contribution in [0.5, 0.6) is 0 Å². The van der Waals surface area contributed by atoms with Crippen LogP contribution in [0.25, 0.3) is 0 Å². The van der Waals surface area contributed by atoms with Crippen LogP contribution >= 0.6 is 24.0 Å². The number of carbonyl (C=O) groups excluding carboxylic acids is 1. The largest absolute Gasteiger partial charge is 0.357 e. The highest BCUT2D eigenvalue weighted by Gasteiger charge is 2.28. The van der Waals surface area contributed by atoms with Crippen LogP contribution in [0.3, 0.4) is 0 Å². The number of halogens is 1. The van der Waals surface area contributed by atoms with E-state index in [1.54, 1.807) is 6.20 Å². The third-order valence-electron chi connectivity index (χ3n) is 4.34. The predicted octanol–water partition coefficient (Wildman–Crippen LogP) is 2.13. The van der Waals surface area contributed by atoms with E-state index in [2.05, 4.69) is 50.2 Å². The van der Waals surface area contributed by atoms with Crippen molar-refractivity contribution in [2.24, 2.45) is 10.9 Å². The van der Waals surface area contributed by atoms with E-state index >= 15 is 0 Å². The summed E-state index contributed by atoms with van der Waals surface area (Å²) >= 11 is 0. The van der Waals surface area contributed by atoms with Crippen LogP contribution < -0.4 is 16.0 Å². The van der Waals surface area contributed by atoms with Crippen molar-refractivity contribution in [1.29, 1.82) is 0 Å². The second kappa shape index (κ2) is 11.7. The fourth-order valence-electron chi connectivity index (χ4n) is 2.79. The van der Waals surface area contributed by atoms with E-state index in [9.17, 15) is 4.79 Å². The highest BCUT2D eigenvalue weighted by atomic mass is 127. The van der Waals surface area contributed by atoms with Crippen molar-refractivity contribution in [1.82, 2.24) is 25.5 Å². The molecule has 1 aliphatic carbocycles. The molecule has 0 unspecified atom stereocenters. The number of hydrogen-bond acceptors (Lipinski definition) is 3. The van der Waals surface area contributed by atoms with Gasteiger partial charge in [0.1, 0.15) is 0 Å². The van der Waals surface area contributed by atoms with Gasteiger partial charge in [-0.3, -0.25) is 4.79 Å². The molecule has 1 fully saturated rings. The molecule has 1 amide bonds. The molecule has 8 heteroatoms. The van der Waals surface area contributed by atoms with E-state index in [4.69, 9.17) is 0 Å². The van der Waals surface area contributed by atoms with Crippen LogP contribution in [0.15, 0.2) is 48.0 Å². The van der Waals surface area contributed by atoms with Crippen molar-refractivity contribution < 1.29 is 4.79 Å². The Morgan fingerprint density at radius 1 is 1.21 bits per heavy atom. The average Bonchev–Trinajstić information content (AvgIpc) is 3.41. The van der Waals surface area contributed by atoms with Crippen LogP contribution in [0.1, 0.15) is 30.9 Å². The molecule has 1 aromatic carbocycles. The quantitative estimate of drug-likeness (QED) is 0.215. The maximum absolute atomic E-state index is 11.6. The molecule has 3 rings (SSSR count). The Labute approximate surface area is 183 Å². The molecule has 2 aromatic rings. The zero-order valence-corrected chi connectivity index (χ0v) is 18.6. The maximum atomic E-state index is 11.6. The van der Waals surface area contributed by atoms with Crippen molar-refractivity contribution in [3.8, 4) is 0 Å². The minimum atomic E-state index is 0. The first-order chi connectivity index (χ1) is 13.2. The molecule has 28 heavy (non-hydrogen) atoms. The lowest BCUT2D eigenvalue weighted by molar-refractivity contribution is -0.122. The van der Waals surface area contributed by atoms with Gasteiger partial charge < -0.3 is 20.5 Å². The highest BCUT2D eigenvalue weighted by Crippen LogP contribution is 2.28. The molecule has 1 heterocycles. The zero-order chi connectivity index (χ0) is 18.9. The monoisotopic (exact) mass is 496 g/mol. The first kappa shape index (κ1) is 22.2. The second-order valence-corrected chi connectivity index (χ2v) is 6.74. The summed E-state index contributed by atoms with van der Waals surface area (Å²) in [5.74, 6) is 1.19. The van der Waals surface area contributed by atoms with Gasteiger partial charge in [0.15, 0.2) is 5.96 Å². The molecule has 1 aromatic heterocycles. The number of amides is 1. The number of nitrogens with one attached hydrogen (secondary N) is 3. The first-order valence-electron chi connectivity index (χ1n) is 9.58. The summed E-state index contributed by atoms with van der Waals surface area (Å²) in [4.78, 5) is 20.4. The minimum absolute atomic E-state index is 0. The van der Waals surface area contributed by atoms with Crippen LogP contribution in [-0.4, -0.2) is 41.1 Å². The number of imidazole rings is 1. The molecule has 7 nitrogen and oxygen atoms in total. The van der Waals surface area contributed by atoms with Gasteiger partial charge in [-0.05, 0) is 30.9 Å². The van der Waals surface area contributed by atoms with E-state index in [0.717, 1.165) is 37.5 Å². The summed E-state index contributed by atoms with van der Waals surface area (Å²) in [6.45, 7) is 5.50. The SMILES string of the molecule is CCNC(=NCc1cccc(Cn2ccnc2)c1)NCCNC(=O)C1CC1.I. The molecule has 3 N–H and O–H groups in total.